The quantitative estimate of drug-likeness (QED) is 0.712. The topological polar surface area (TPSA) is 30.9 Å². The van der Waals surface area contributed by atoms with Gasteiger partial charge in [-0.15, -0.1) is 12.4 Å². The monoisotopic (exact) mass is 210 g/mol. The Morgan fingerprint density at radius 2 is 1.86 bits per heavy atom. The van der Waals surface area contributed by atoms with Gasteiger partial charge in [-0.05, 0) is 31.0 Å². The molecule has 2 N–H and O–H groups in total. The van der Waals surface area contributed by atoms with Gasteiger partial charge in [-0.25, -0.2) is 0 Å². The molecule has 1 aromatic carbocycles. The first kappa shape index (κ1) is 10.9. The van der Waals surface area contributed by atoms with Crippen LogP contribution in [0.5, 0.6) is 0 Å². The van der Waals surface area contributed by atoms with Crippen LogP contribution in [0.2, 0.25) is 0 Å². The maximum Gasteiger partial charge on any atom is 0.107 e. The molecule has 0 spiro atoms. The molecule has 0 aliphatic rings. The van der Waals surface area contributed by atoms with Gasteiger partial charge in [0, 0.05) is 18.0 Å². The van der Waals surface area contributed by atoms with E-state index >= 15 is 0 Å². The molecule has 0 aliphatic heterocycles. The Kier molecular flexibility index (Phi) is 2.76. The second-order valence-corrected chi connectivity index (χ2v) is 3.54. The highest BCUT2D eigenvalue weighted by atomic mass is 35.5. The molecule has 1 heterocycles. The summed E-state index contributed by atoms with van der Waals surface area (Å²) in [6.07, 6.45) is 0. The number of benzene rings is 1. The van der Waals surface area contributed by atoms with Crippen LogP contribution in [0.15, 0.2) is 18.2 Å². The van der Waals surface area contributed by atoms with Gasteiger partial charge in [0.05, 0.1) is 0 Å². The standard InChI is InChI=1S/C11H14N2.ClH/c1-7-5-4-6-9-10(7)8(2)11(12)13(9)3;/h4-6H,12H2,1-3H3;1H. The summed E-state index contributed by atoms with van der Waals surface area (Å²) in [4.78, 5) is 0. The van der Waals surface area contributed by atoms with E-state index in [2.05, 4.69) is 32.0 Å². The van der Waals surface area contributed by atoms with E-state index in [0.29, 0.717) is 0 Å². The molecule has 0 fully saturated rings. The molecule has 2 rings (SSSR count). The van der Waals surface area contributed by atoms with Crippen molar-refractivity contribution in [1.82, 2.24) is 4.57 Å². The lowest BCUT2D eigenvalue weighted by atomic mass is 10.1. The molecular weight excluding hydrogens is 196 g/mol. The Labute approximate surface area is 90.1 Å². The van der Waals surface area contributed by atoms with Crippen molar-refractivity contribution < 1.29 is 0 Å². The number of aryl methyl sites for hydroxylation is 3. The molecule has 0 radical (unpaired) electrons. The van der Waals surface area contributed by atoms with E-state index in [1.54, 1.807) is 0 Å². The third-order valence-electron chi connectivity index (χ3n) is 2.73. The predicted molar refractivity (Wildman–Crippen MR) is 64.1 cm³/mol. The van der Waals surface area contributed by atoms with E-state index < -0.39 is 0 Å². The van der Waals surface area contributed by atoms with Crippen LogP contribution < -0.4 is 5.73 Å². The van der Waals surface area contributed by atoms with Gasteiger partial charge in [0.15, 0.2) is 0 Å². The minimum atomic E-state index is 0. The smallest absolute Gasteiger partial charge is 0.107 e. The summed E-state index contributed by atoms with van der Waals surface area (Å²) in [6, 6.07) is 6.29. The highest BCUT2D eigenvalue weighted by Gasteiger charge is 2.09. The highest BCUT2D eigenvalue weighted by Crippen LogP contribution is 2.28. The lowest BCUT2D eigenvalue weighted by molar-refractivity contribution is 0.978. The zero-order valence-corrected chi connectivity index (χ0v) is 9.48. The number of anilines is 1. The van der Waals surface area contributed by atoms with Crippen molar-refractivity contribution in [2.24, 2.45) is 7.05 Å². The first-order chi connectivity index (χ1) is 6.13. The summed E-state index contributed by atoms with van der Waals surface area (Å²) in [6.45, 7) is 4.19. The lowest BCUT2D eigenvalue weighted by Gasteiger charge is -1.98. The van der Waals surface area contributed by atoms with E-state index in [1.807, 2.05) is 11.6 Å². The first-order valence-electron chi connectivity index (χ1n) is 4.43. The van der Waals surface area contributed by atoms with Crippen molar-refractivity contribution in [3.05, 3.63) is 29.3 Å². The van der Waals surface area contributed by atoms with Crippen LogP contribution in [0.1, 0.15) is 11.1 Å². The molecule has 14 heavy (non-hydrogen) atoms. The Bertz CT molecular complexity index is 472. The summed E-state index contributed by atoms with van der Waals surface area (Å²) in [5, 5.41) is 1.29. The Hall–Kier alpha value is -1.15. The number of rotatable bonds is 0. The van der Waals surface area contributed by atoms with E-state index in [4.69, 9.17) is 5.73 Å². The average molecular weight is 211 g/mol. The Morgan fingerprint density at radius 3 is 2.43 bits per heavy atom. The fraction of sp³-hybridized carbons (Fsp3) is 0.273. The molecule has 0 saturated heterocycles. The summed E-state index contributed by atoms with van der Waals surface area (Å²) < 4.78 is 2.04. The summed E-state index contributed by atoms with van der Waals surface area (Å²) in [7, 11) is 2.00. The van der Waals surface area contributed by atoms with Crippen LogP contribution in [0, 0.1) is 13.8 Å². The zero-order chi connectivity index (χ0) is 9.59. The van der Waals surface area contributed by atoms with Crippen LogP contribution in [0.4, 0.5) is 5.82 Å². The van der Waals surface area contributed by atoms with Crippen LogP contribution in [-0.2, 0) is 7.05 Å². The average Bonchev–Trinajstić information content (AvgIpc) is 2.33. The van der Waals surface area contributed by atoms with Crippen molar-refractivity contribution in [3.8, 4) is 0 Å². The molecule has 0 unspecified atom stereocenters. The van der Waals surface area contributed by atoms with Gasteiger partial charge in [-0.1, -0.05) is 12.1 Å². The lowest BCUT2D eigenvalue weighted by Crippen LogP contribution is -1.95. The number of nitrogen functional groups attached to an aromatic ring is 1. The molecule has 0 bridgehead atoms. The minimum absolute atomic E-state index is 0. The molecule has 0 amide bonds. The van der Waals surface area contributed by atoms with Gasteiger partial charge < -0.3 is 10.3 Å². The van der Waals surface area contributed by atoms with Gasteiger partial charge in [-0.3, -0.25) is 0 Å². The van der Waals surface area contributed by atoms with E-state index in [0.717, 1.165) is 5.82 Å². The molecule has 0 aliphatic carbocycles. The van der Waals surface area contributed by atoms with Gasteiger partial charge in [0.1, 0.15) is 5.82 Å². The van der Waals surface area contributed by atoms with Crippen LogP contribution in [-0.4, -0.2) is 4.57 Å². The SMILES string of the molecule is Cc1cccc2c1c(C)c(N)n2C.Cl. The molecule has 76 valence electrons. The van der Waals surface area contributed by atoms with Gasteiger partial charge in [0.2, 0.25) is 0 Å². The second kappa shape index (κ2) is 3.54. The van der Waals surface area contributed by atoms with Gasteiger partial charge >= 0.3 is 0 Å². The van der Waals surface area contributed by atoms with Gasteiger partial charge in [0.25, 0.3) is 0 Å². The van der Waals surface area contributed by atoms with Crippen LogP contribution >= 0.6 is 12.4 Å². The van der Waals surface area contributed by atoms with Crippen molar-refractivity contribution in [1.29, 1.82) is 0 Å². The highest BCUT2D eigenvalue weighted by molar-refractivity contribution is 5.91. The minimum Gasteiger partial charge on any atom is -0.385 e. The number of halogens is 1. The molecular formula is C11H15ClN2. The van der Waals surface area contributed by atoms with Crippen molar-refractivity contribution >= 4 is 29.1 Å². The third-order valence-corrected chi connectivity index (χ3v) is 2.73. The summed E-state index contributed by atoms with van der Waals surface area (Å²) in [5.74, 6) is 0.865. The maximum atomic E-state index is 5.95. The maximum absolute atomic E-state index is 5.95. The molecule has 0 atom stereocenters. The number of aromatic nitrogens is 1. The predicted octanol–water partition coefficient (Wildman–Crippen LogP) is 2.80. The molecule has 3 heteroatoms. The first-order valence-corrected chi connectivity index (χ1v) is 4.43. The molecule has 2 aromatic rings. The zero-order valence-electron chi connectivity index (χ0n) is 8.66. The van der Waals surface area contributed by atoms with Gasteiger partial charge in [-0.2, -0.15) is 0 Å². The fourth-order valence-electron chi connectivity index (χ4n) is 1.93. The van der Waals surface area contributed by atoms with E-state index in [-0.39, 0.29) is 12.4 Å². The van der Waals surface area contributed by atoms with Crippen molar-refractivity contribution in [2.75, 3.05) is 5.73 Å². The van der Waals surface area contributed by atoms with E-state index in [9.17, 15) is 0 Å². The number of nitrogens with two attached hydrogens (primary N) is 1. The summed E-state index contributed by atoms with van der Waals surface area (Å²) >= 11 is 0. The Balaban J connectivity index is 0.000000980. The summed E-state index contributed by atoms with van der Waals surface area (Å²) in [5.41, 5.74) is 9.65. The van der Waals surface area contributed by atoms with Crippen molar-refractivity contribution in [3.63, 3.8) is 0 Å². The number of fused-ring (bicyclic) bond motifs is 1. The third kappa shape index (κ3) is 1.26. The number of nitrogens with zero attached hydrogens (tertiary/aromatic N) is 1. The van der Waals surface area contributed by atoms with Crippen LogP contribution in [0.25, 0.3) is 10.9 Å². The number of hydrogen-bond donors (Lipinski definition) is 1. The fourth-order valence-corrected chi connectivity index (χ4v) is 1.93. The Morgan fingerprint density at radius 1 is 1.21 bits per heavy atom. The normalized spacial score (nSPS) is 10.2. The number of hydrogen-bond acceptors (Lipinski definition) is 1. The molecule has 1 aromatic heterocycles. The largest absolute Gasteiger partial charge is 0.385 e. The van der Waals surface area contributed by atoms with Crippen LogP contribution in [0.3, 0.4) is 0 Å². The van der Waals surface area contributed by atoms with E-state index in [1.165, 1.54) is 22.0 Å². The second-order valence-electron chi connectivity index (χ2n) is 3.54. The molecule has 0 saturated carbocycles. The van der Waals surface area contributed by atoms with Crippen molar-refractivity contribution in [2.45, 2.75) is 13.8 Å². The molecule has 2 nitrogen and oxygen atoms in total.